The molecule has 0 radical (unpaired) electrons. The van der Waals surface area contributed by atoms with Gasteiger partial charge >= 0.3 is 0 Å². The van der Waals surface area contributed by atoms with E-state index in [-0.39, 0.29) is 0 Å². The number of fused-ring (bicyclic) bond motifs is 1. The van der Waals surface area contributed by atoms with Crippen LogP contribution >= 0.6 is 0 Å². The van der Waals surface area contributed by atoms with Gasteiger partial charge in [0.25, 0.3) is 0 Å². The van der Waals surface area contributed by atoms with Gasteiger partial charge < -0.3 is 9.30 Å². The van der Waals surface area contributed by atoms with E-state index < -0.39 is 0 Å². The highest BCUT2D eigenvalue weighted by Gasteiger charge is 2.15. The minimum absolute atomic E-state index is 0.327. The van der Waals surface area contributed by atoms with Crippen molar-refractivity contribution in [3.63, 3.8) is 0 Å². The summed E-state index contributed by atoms with van der Waals surface area (Å²) in [7, 11) is 0. The molecule has 0 spiro atoms. The Morgan fingerprint density at radius 2 is 2.38 bits per heavy atom. The second kappa shape index (κ2) is 4.22. The van der Waals surface area contributed by atoms with Crippen molar-refractivity contribution < 1.29 is 4.74 Å². The number of rotatable bonds is 2. The van der Waals surface area contributed by atoms with Gasteiger partial charge in [0.05, 0.1) is 19.0 Å². The predicted octanol–water partition coefficient (Wildman–Crippen LogP) is 2.00. The van der Waals surface area contributed by atoms with Crippen molar-refractivity contribution in [3.8, 4) is 0 Å². The molecule has 3 rings (SSSR count). The molecule has 0 saturated carbocycles. The van der Waals surface area contributed by atoms with Crippen molar-refractivity contribution in [2.45, 2.75) is 31.9 Å². The molecule has 4 nitrogen and oxygen atoms in total. The summed E-state index contributed by atoms with van der Waals surface area (Å²) in [4.78, 5) is 8.68. The SMILES string of the molecule is c1cnc2c(c1)ncn2CC1CCCCO1. The molecule has 16 heavy (non-hydrogen) atoms. The van der Waals surface area contributed by atoms with Gasteiger partial charge in [-0.1, -0.05) is 0 Å². The van der Waals surface area contributed by atoms with E-state index in [9.17, 15) is 0 Å². The zero-order valence-electron chi connectivity index (χ0n) is 9.17. The Morgan fingerprint density at radius 3 is 3.25 bits per heavy atom. The number of nitrogens with zero attached hydrogens (tertiary/aromatic N) is 3. The highest BCUT2D eigenvalue weighted by atomic mass is 16.5. The molecule has 0 amide bonds. The van der Waals surface area contributed by atoms with Crippen LogP contribution in [0.4, 0.5) is 0 Å². The number of aromatic nitrogens is 3. The van der Waals surface area contributed by atoms with Crippen molar-refractivity contribution in [1.82, 2.24) is 14.5 Å². The summed E-state index contributed by atoms with van der Waals surface area (Å²) in [6.07, 6.45) is 7.60. The minimum atomic E-state index is 0.327. The lowest BCUT2D eigenvalue weighted by Gasteiger charge is -2.22. The molecular weight excluding hydrogens is 202 g/mol. The highest BCUT2D eigenvalue weighted by molar-refractivity contribution is 5.69. The van der Waals surface area contributed by atoms with Crippen molar-refractivity contribution in [2.24, 2.45) is 0 Å². The zero-order valence-corrected chi connectivity index (χ0v) is 9.17. The quantitative estimate of drug-likeness (QED) is 0.772. The van der Waals surface area contributed by atoms with Crippen LogP contribution in [0.5, 0.6) is 0 Å². The summed E-state index contributed by atoms with van der Waals surface area (Å²) in [5.41, 5.74) is 1.91. The average Bonchev–Trinajstić information content (AvgIpc) is 2.74. The number of imidazole rings is 1. The van der Waals surface area contributed by atoms with Gasteiger partial charge in [0.2, 0.25) is 0 Å². The monoisotopic (exact) mass is 217 g/mol. The lowest BCUT2D eigenvalue weighted by molar-refractivity contribution is 0.00653. The van der Waals surface area contributed by atoms with Gasteiger partial charge in [0.1, 0.15) is 5.52 Å². The third-order valence-corrected chi connectivity index (χ3v) is 3.05. The maximum Gasteiger partial charge on any atom is 0.159 e. The molecule has 1 atom stereocenters. The van der Waals surface area contributed by atoms with E-state index in [1.54, 1.807) is 0 Å². The molecule has 1 aliphatic heterocycles. The normalized spacial score (nSPS) is 21.4. The number of ether oxygens (including phenoxy) is 1. The summed E-state index contributed by atoms with van der Waals surface area (Å²) in [5.74, 6) is 0. The third kappa shape index (κ3) is 1.80. The summed E-state index contributed by atoms with van der Waals surface area (Å²) >= 11 is 0. The maximum atomic E-state index is 5.72. The molecular formula is C12H15N3O. The molecule has 1 unspecified atom stereocenters. The summed E-state index contributed by atoms with van der Waals surface area (Å²) in [6, 6.07) is 3.90. The van der Waals surface area contributed by atoms with Crippen LogP contribution in [-0.4, -0.2) is 27.2 Å². The van der Waals surface area contributed by atoms with Gasteiger partial charge in [-0.25, -0.2) is 9.97 Å². The van der Waals surface area contributed by atoms with Gasteiger partial charge in [0.15, 0.2) is 5.65 Å². The first-order valence-electron chi connectivity index (χ1n) is 5.81. The molecule has 2 aromatic rings. The summed E-state index contributed by atoms with van der Waals surface area (Å²) in [6.45, 7) is 1.76. The first kappa shape index (κ1) is 9.78. The number of hydrogen-bond acceptors (Lipinski definition) is 3. The fourth-order valence-electron chi connectivity index (χ4n) is 2.20. The van der Waals surface area contributed by atoms with Crippen molar-refractivity contribution in [1.29, 1.82) is 0 Å². The van der Waals surface area contributed by atoms with E-state index in [1.807, 2.05) is 24.7 Å². The lowest BCUT2D eigenvalue weighted by atomic mass is 10.1. The van der Waals surface area contributed by atoms with Gasteiger partial charge in [-0.15, -0.1) is 0 Å². The molecule has 1 fully saturated rings. The summed E-state index contributed by atoms with van der Waals surface area (Å²) in [5, 5.41) is 0. The smallest absolute Gasteiger partial charge is 0.159 e. The van der Waals surface area contributed by atoms with Crippen LogP contribution in [0.15, 0.2) is 24.7 Å². The van der Waals surface area contributed by atoms with Crippen LogP contribution in [-0.2, 0) is 11.3 Å². The third-order valence-electron chi connectivity index (χ3n) is 3.05. The predicted molar refractivity (Wildman–Crippen MR) is 61.1 cm³/mol. The number of hydrogen-bond donors (Lipinski definition) is 0. The molecule has 3 heterocycles. The van der Waals surface area contributed by atoms with E-state index in [2.05, 4.69) is 14.5 Å². The van der Waals surface area contributed by atoms with Crippen LogP contribution < -0.4 is 0 Å². The molecule has 1 aliphatic rings. The molecule has 2 aromatic heterocycles. The largest absolute Gasteiger partial charge is 0.376 e. The van der Waals surface area contributed by atoms with Crippen LogP contribution in [0.2, 0.25) is 0 Å². The van der Waals surface area contributed by atoms with Crippen LogP contribution in [0.1, 0.15) is 19.3 Å². The number of pyridine rings is 1. The van der Waals surface area contributed by atoms with Crippen LogP contribution in [0.3, 0.4) is 0 Å². The lowest BCUT2D eigenvalue weighted by Crippen LogP contribution is -2.24. The van der Waals surface area contributed by atoms with Crippen molar-refractivity contribution in [3.05, 3.63) is 24.7 Å². The van der Waals surface area contributed by atoms with Crippen molar-refractivity contribution >= 4 is 11.2 Å². The van der Waals surface area contributed by atoms with E-state index in [4.69, 9.17) is 4.74 Å². The maximum absolute atomic E-state index is 5.72. The first-order valence-corrected chi connectivity index (χ1v) is 5.81. The Hall–Kier alpha value is -1.42. The van der Waals surface area contributed by atoms with E-state index in [0.717, 1.165) is 30.7 Å². The topological polar surface area (TPSA) is 39.9 Å². The van der Waals surface area contributed by atoms with Gasteiger partial charge in [-0.05, 0) is 31.4 Å². The first-order chi connectivity index (χ1) is 7.93. The molecule has 0 aliphatic carbocycles. The van der Waals surface area contributed by atoms with E-state index in [1.165, 1.54) is 12.8 Å². The van der Waals surface area contributed by atoms with Gasteiger partial charge in [-0.2, -0.15) is 0 Å². The van der Waals surface area contributed by atoms with Crippen LogP contribution in [0, 0.1) is 0 Å². The second-order valence-corrected chi connectivity index (χ2v) is 4.23. The molecule has 0 N–H and O–H groups in total. The Balaban J connectivity index is 1.83. The average molecular weight is 217 g/mol. The fourth-order valence-corrected chi connectivity index (χ4v) is 2.20. The Labute approximate surface area is 94.3 Å². The molecule has 0 bridgehead atoms. The fraction of sp³-hybridized carbons (Fsp3) is 0.500. The van der Waals surface area contributed by atoms with Gasteiger partial charge in [0, 0.05) is 12.8 Å². The standard InChI is InChI=1S/C12H15N3O/c1-2-7-16-10(4-1)8-15-9-14-11-5-3-6-13-12(11)15/h3,5-6,9-10H,1-2,4,7-8H2. The molecule has 0 aromatic carbocycles. The minimum Gasteiger partial charge on any atom is -0.376 e. The van der Waals surface area contributed by atoms with E-state index >= 15 is 0 Å². The Kier molecular flexibility index (Phi) is 2.58. The van der Waals surface area contributed by atoms with E-state index in [0.29, 0.717) is 6.10 Å². The van der Waals surface area contributed by atoms with Crippen LogP contribution in [0.25, 0.3) is 11.2 Å². The second-order valence-electron chi connectivity index (χ2n) is 4.23. The molecule has 4 heteroatoms. The molecule has 1 saturated heterocycles. The van der Waals surface area contributed by atoms with Crippen molar-refractivity contribution in [2.75, 3.05) is 6.61 Å². The summed E-state index contributed by atoms with van der Waals surface area (Å²) < 4.78 is 7.81. The molecule has 84 valence electrons. The van der Waals surface area contributed by atoms with Gasteiger partial charge in [-0.3, -0.25) is 0 Å². The highest BCUT2D eigenvalue weighted by Crippen LogP contribution is 2.16. The Bertz CT molecular complexity index is 474. The Morgan fingerprint density at radius 1 is 1.38 bits per heavy atom. The zero-order chi connectivity index (χ0) is 10.8.